The molecule has 0 aromatic heterocycles. The Labute approximate surface area is 103 Å². The molecule has 0 N–H and O–H groups in total. The average Bonchev–Trinajstić information content (AvgIpc) is 2.33. The van der Waals surface area contributed by atoms with Gasteiger partial charge in [-0.05, 0) is 43.0 Å². The number of aryl methyl sites for hydroxylation is 2. The van der Waals surface area contributed by atoms with Crippen LogP contribution < -0.4 is 4.74 Å². The Balaban J connectivity index is 2.14. The highest BCUT2D eigenvalue weighted by atomic mass is 16.5. The predicted octanol–water partition coefficient (Wildman–Crippen LogP) is 3.99. The number of rotatable bonds is 3. The second-order valence-corrected chi connectivity index (χ2v) is 4.36. The normalized spacial score (nSPS) is 10.3. The summed E-state index contributed by atoms with van der Waals surface area (Å²) in [6.07, 6.45) is 0. The summed E-state index contributed by atoms with van der Waals surface area (Å²) in [5.74, 6) is 0.867. The van der Waals surface area contributed by atoms with Crippen LogP contribution in [0.15, 0.2) is 36.4 Å². The van der Waals surface area contributed by atoms with Crippen molar-refractivity contribution in [1.82, 2.24) is 0 Å². The monoisotopic (exact) mass is 225 g/mol. The molecule has 0 saturated carbocycles. The van der Waals surface area contributed by atoms with Crippen molar-refractivity contribution in [1.29, 1.82) is 0 Å². The maximum Gasteiger partial charge on any atom is 0.131 e. The molecule has 0 saturated heterocycles. The summed E-state index contributed by atoms with van der Waals surface area (Å²) in [6.45, 7) is 6.82. The maximum atomic E-state index is 5.83. The Morgan fingerprint density at radius 3 is 2.47 bits per heavy atom. The molecule has 2 aromatic carbocycles. The highest BCUT2D eigenvalue weighted by molar-refractivity contribution is 5.41. The van der Waals surface area contributed by atoms with Gasteiger partial charge in [0.05, 0.1) is 0 Å². The summed E-state index contributed by atoms with van der Waals surface area (Å²) in [7, 11) is 0. The molecule has 1 radical (unpaired) electrons. The van der Waals surface area contributed by atoms with E-state index >= 15 is 0 Å². The molecule has 0 spiro atoms. The molecule has 0 bridgehead atoms. The molecule has 1 nitrogen and oxygen atoms in total. The van der Waals surface area contributed by atoms with Gasteiger partial charge < -0.3 is 4.74 Å². The van der Waals surface area contributed by atoms with Gasteiger partial charge in [0.1, 0.15) is 12.4 Å². The molecular formula is C16H17O. The van der Waals surface area contributed by atoms with Gasteiger partial charge in [0, 0.05) is 6.07 Å². The Morgan fingerprint density at radius 2 is 1.76 bits per heavy atom. The molecule has 0 aliphatic heterocycles. The van der Waals surface area contributed by atoms with Crippen LogP contribution >= 0.6 is 0 Å². The molecule has 2 aromatic rings. The SMILES string of the molecule is Cc1[c]c(OCc2ccccc2)c(C)c(C)c1. The second kappa shape index (κ2) is 5.05. The van der Waals surface area contributed by atoms with Crippen LogP contribution in [0.3, 0.4) is 0 Å². The maximum absolute atomic E-state index is 5.83. The van der Waals surface area contributed by atoms with Crippen molar-refractivity contribution < 1.29 is 4.74 Å². The van der Waals surface area contributed by atoms with E-state index in [1.54, 1.807) is 0 Å². The summed E-state index contributed by atoms with van der Waals surface area (Å²) in [5, 5.41) is 0. The summed E-state index contributed by atoms with van der Waals surface area (Å²) >= 11 is 0. The zero-order valence-electron chi connectivity index (χ0n) is 10.6. The van der Waals surface area contributed by atoms with Gasteiger partial charge in [-0.1, -0.05) is 36.4 Å². The van der Waals surface area contributed by atoms with E-state index in [9.17, 15) is 0 Å². The lowest BCUT2D eigenvalue weighted by molar-refractivity contribution is 0.303. The molecule has 0 atom stereocenters. The van der Waals surface area contributed by atoms with Crippen molar-refractivity contribution in [3.8, 4) is 5.75 Å². The minimum Gasteiger partial charge on any atom is -0.488 e. The van der Waals surface area contributed by atoms with E-state index in [4.69, 9.17) is 4.74 Å². The Kier molecular flexibility index (Phi) is 3.48. The first-order chi connectivity index (χ1) is 8.16. The molecule has 2 rings (SSSR count). The molecule has 0 aliphatic rings. The van der Waals surface area contributed by atoms with Crippen molar-refractivity contribution in [3.63, 3.8) is 0 Å². The first-order valence-electron chi connectivity index (χ1n) is 5.83. The third kappa shape index (κ3) is 2.88. The topological polar surface area (TPSA) is 9.23 Å². The van der Waals surface area contributed by atoms with E-state index < -0.39 is 0 Å². The van der Waals surface area contributed by atoms with Crippen molar-refractivity contribution in [2.75, 3.05) is 0 Å². The fourth-order valence-electron chi connectivity index (χ4n) is 1.80. The van der Waals surface area contributed by atoms with Gasteiger partial charge in [-0.25, -0.2) is 0 Å². The lowest BCUT2D eigenvalue weighted by atomic mass is 10.1. The van der Waals surface area contributed by atoms with Crippen molar-refractivity contribution in [2.45, 2.75) is 27.4 Å². The fourth-order valence-corrected chi connectivity index (χ4v) is 1.80. The first-order valence-corrected chi connectivity index (χ1v) is 5.83. The van der Waals surface area contributed by atoms with Crippen molar-refractivity contribution in [3.05, 3.63) is 64.7 Å². The standard InChI is InChI=1S/C16H17O/c1-12-9-13(2)14(3)16(10-12)17-11-15-7-5-4-6-8-15/h4-9H,11H2,1-3H3. The van der Waals surface area contributed by atoms with Gasteiger partial charge in [0.25, 0.3) is 0 Å². The summed E-state index contributed by atoms with van der Waals surface area (Å²) in [6, 6.07) is 15.6. The molecular weight excluding hydrogens is 208 g/mol. The average molecular weight is 225 g/mol. The van der Waals surface area contributed by atoms with Crippen LogP contribution in [0.1, 0.15) is 22.3 Å². The molecule has 1 heteroatoms. The van der Waals surface area contributed by atoms with E-state index in [1.165, 1.54) is 16.7 Å². The summed E-state index contributed by atoms with van der Waals surface area (Å²) < 4.78 is 5.83. The lowest BCUT2D eigenvalue weighted by Gasteiger charge is -2.11. The highest BCUT2D eigenvalue weighted by Gasteiger charge is 2.04. The van der Waals surface area contributed by atoms with Crippen molar-refractivity contribution >= 4 is 0 Å². The number of hydrogen-bond donors (Lipinski definition) is 0. The minimum atomic E-state index is 0.598. The molecule has 0 aliphatic carbocycles. The first kappa shape index (κ1) is 11.7. The van der Waals surface area contributed by atoms with E-state index in [-0.39, 0.29) is 0 Å². The molecule has 0 unspecified atom stereocenters. The lowest BCUT2D eigenvalue weighted by Crippen LogP contribution is -1.98. The quantitative estimate of drug-likeness (QED) is 0.767. The summed E-state index contributed by atoms with van der Waals surface area (Å²) in [5.41, 5.74) is 4.73. The molecule has 17 heavy (non-hydrogen) atoms. The van der Waals surface area contributed by atoms with Gasteiger partial charge in [-0.15, -0.1) is 0 Å². The Morgan fingerprint density at radius 1 is 1.06 bits per heavy atom. The zero-order chi connectivity index (χ0) is 12.3. The van der Waals surface area contributed by atoms with Gasteiger partial charge in [-0.3, -0.25) is 0 Å². The third-order valence-corrected chi connectivity index (χ3v) is 2.90. The number of benzene rings is 2. The van der Waals surface area contributed by atoms with E-state index in [2.05, 4.69) is 38.1 Å². The van der Waals surface area contributed by atoms with E-state index in [1.807, 2.05) is 25.1 Å². The van der Waals surface area contributed by atoms with Gasteiger partial charge in [0.2, 0.25) is 0 Å². The third-order valence-electron chi connectivity index (χ3n) is 2.90. The molecule has 0 heterocycles. The van der Waals surface area contributed by atoms with Crippen LogP contribution in [-0.2, 0) is 6.61 Å². The minimum absolute atomic E-state index is 0.598. The Bertz CT molecular complexity index is 500. The van der Waals surface area contributed by atoms with Crippen LogP contribution in [0, 0.1) is 26.8 Å². The predicted molar refractivity (Wildman–Crippen MR) is 70.3 cm³/mol. The van der Waals surface area contributed by atoms with Gasteiger partial charge in [-0.2, -0.15) is 0 Å². The van der Waals surface area contributed by atoms with Crippen LogP contribution in [0.5, 0.6) is 5.75 Å². The van der Waals surface area contributed by atoms with Crippen LogP contribution in [0.25, 0.3) is 0 Å². The second-order valence-electron chi connectivity index (χ2n) is 4.36. The fraction of sp³-hybridized carbons (Fsp3) is 0.250. The molecule has 0 fully saturated rings. The van der Waals surface area contributed by atoms with Gasteiger partial charge in [0.15, 0.2) is 0 Å². The van der Waals surface area contributed by atoms with E-state index in [0.717, 1.165) is 11.3 Å². The molecule has 0 amide bonds. The summed E-state index contributed by atoms with van der Waals surface area (Å²) in [4.78, 5) is 0. The smallest absolute Gasteiger partial charge is 0.131 e. The van der Waals surface area contributed by atoms with Crippen LogP contribution in [0.4, 0.5) is 0 Å². The highest BCUT2D eigenvalue weighted by Crippen LogP contribution is 2.23. The van der Waals surface area contributed by atoms with Gasteiger partial charge >= 0.3 is 0 Å². The Hall–Kier alpha value is -1.76. The molecule has 87 valence electrons. The zero-order valence-corrected chi connectivity index (χ0v) is 10.6. The van der Waals surface area contributed by atoms with E-state index in [0.29, 0.717) is 6.61 Å². The number of ether oxygens (including phenoxy) is 1. The number of hydrogen-bond acceptors (Lipinski definition) is 1. The van der Waals surface area contributed by atoms with Crippen molar-refractivity contribution in [2.24, 2.45) is 0 Å². The van der Waals surface area contributed by atoms with Crippen LogP contribution in [-0.4, -0.2) is 0 Å². The van der Waals surface area contributed by atoms with Crippen LogP contribution in [0.2, 0.25) is 0 Å². The largest absolute Gasteiger partial charge is 0.488 e.